The maximum atomic E-state index is 2.59. The Morgan fingerprint density at radius 3 is 1.48 bits per heavy atom. The van der Waals surface area contributed by atoms with E-state index in [0.29, 0.717) is 12.1 Å². The molecular formula is C21H42N2. The van der Waals surface area contributed by atoms with Crippen LogP contribution in [0.15, 0.2) is 12.4 Å². The number of unbranched alkanes of at least 4 members (excludes halogenated alkanes) is 9. The van der Waals surface area contributed by atoms with E-state index in [2.05, 4.69) is 49.9 Å². The summed E-state index contributed by atoms with van der Waals surface area (Å²) in [6.45, 7) is 11.8. The molecule has 0 bridgehead atoms. The molecule has 136 valence electrons. The van der Waals surface area contributed by atoms with E-state index in [1.54, 1.807) is 0 Å². The van der Waals surface area contributed by atoms with Crippen LogP contribution in [0.2, 0.25) is 0 Å². The lowest BCUT2D eigenvalue weighted by atomic mass is 10.1. The Bertz CT molecular complexity index is 298. The van der Waals surface area contributed by atoms with Gasteiger partial charge in [0.05, 0.1) is 0 Å². The third kappa shape index (κ3) is 8.13. The highest BCUT2D eigenvalue weighted by atomic mass is 15.4. The number of hydrogen-bond acceptors (Lipinski definition) is 2. The van der Waals surface area contributed by atoms with Crippen LogP contribution >= 0.6 is 0 Å². The van der Waals surface area contributed by atoms with E-state index in [4.69, 9.17) is 0 Å². The molecule has 0 saturated carbocycles. The number of rotatable bonds is 14. The van der Waals surface area contributed by atoms with Gasteiger partial charge in [0.25, 0.3) is 0 Å². The van der Waals surface area contributed by atoms with Gasteiger partial charge in [-0.25, -0.2) is 0 Å². The molecule has 1 unspecified atom stereocenters. The van der Waals surface area contributed by atoms with Crippen LogP contribution in [-0.4, -0.2) is 29.1 Å². The summed E-state index contributed by atoms with van der Waals surface area (Å²) in [5.41, 5.74) is 0. The van der Waals surface area contributed by atoms with Crippen molar-refractivity contribution in [3.63, 3.8) is 0 Å². The second kappa shape index (κ2) is 12.7. The minimum Gasteiger partial charge on any atom is -0.356 e. The summed E-state index contributed by atoms with van der Waals surface area (Å²) in [6, 6.07) is 0. The fourth-order valence-electron chi connectivity index (χ4n) is 3.69. The molecule has 0 amide bonds. The molecule has 1 heterocycles. The summed E-state index contributed by atoms with van der Waals surface area (Å²) < 4.78 is 0. The molecule has 2 heteroatoms. The Morgan fingerprint density at radius 2 is 1.04 bits per heavy atom. The van der Waals surface area contributed by atoms with Gasteiger partial charge in [-0.3, -0.25) is 0 Å². The lowest BCUT2D eigenvalue weighted by Crippen LogP contribution is -2.43. The second-order valence-corrected chi connectivity index (χ2v) is 7.61. The van der Waals surface area contributed by atoms with E-state index < -0.39 is 0 Å². The third-order valence-electron chi connectivity index (χ3n) is 5.02. The van der Waals surface area contributed by atoms with Gasteiger partial charge in [-0.05, 0) is 18.8 Å². The van der Waals surface area contributed by atoms with Gasteiger partial charge in [0.1, 0.15) is 6.17 Å². The molecule has 0 aromatic carbocycles. The molecular weight excluding hydrogens is 280 g/mol. The van der Waals surface area contributed by atoms with Crippen molar-refractivity contribution in [2.75, 3.05) is 13.1 Å². The highest BCUT2D eigenvalue weighted by Gasteiger charge is 2.27. The van der Waals surface area contributed by atoms with Crippen molar-refractivity contribution < 1.29 is 0 Å². The van der Waals surface area contributed by atoms with E-state index >= 15 is 0 Å². The Balaban J connectivity index is 2.22. The highest BCUT2D eigenvalue weighted by Crippen LogP contribution is 2.24. The maximum absolute atomic E-state index is 2.59. The topological polar surface area (TPSA) is 6.48 Å². The van der Waals surface area contributed by atoms with Gasteiger partial charge in [-0.15, -0.1) is 0 Å². The van der Waals surface area contributed by atoms with Crippen LogP contribution < -0.4 is 0 Å². The lowest BCUT2D eigenvalue weighted by molar-refractivity contribution is 0.104. The predicted octanol–water partition coefficient (Wildman–Crippen LogP) is 6.39. The number of nitrogens with zero attached hydrogens (tertiary/aromatic N) is 2. The quantitative estimate of drug-likeness (QED) is 0.342. The average molecular weight is 323 g/mol. The Kier molecular flexibility index (Phi) is 11.3. The van der Waals surface area contributed by atoms with Crippen molar-refractivity contribution in [1.82, 2.24) is 9.80 Å². The summed E-state index contributed by atoms with van der Waals surface area (Å²) in [5, 5.41) is 0. The molecule has 0 N–H and O–H groups in total. The summed E-state index contributed by atoms with van der Waals surface area (Å²) in [7, 11) is 0. The monoisotopic (exact) mass is 322 g/mol. The standard InChI is InChI=1S/C21H42N2/c1-5-7-9-11-12-13-15-17-23-19-18-22(21(23)20(3)4)16-14-10-8-6-2/h18-21H,5-17H2,1-4H3. The summed E-state index contributed by atoms with van der Waals surface area (Å²) >= 11 is 0. The fourth-order valence-corrected chi connectivity index (χ4v) is 3.69. The maximum Gasteiger partial charge on any atom is 0.103 e. The summed E-state index contributed by atoms with van der Waals surface area (Å²) in [4.78, 5) is 5.18. The van der Waals surface area contributed by atoms with Gasteiger partial charge in [0.15, 0.2) is 0 Å². The number of hydrogen-bond donors (Lipinski definition) is 0. The normalized spacial score (nSPS) is 17.7. The van der Waals surface area contributed by atoms with Gasteiger partial charge >= 0.3 is 0 Å². The minimum absolute atomic E-state index is 0.594. The van der Waals surface area contributed by atoms with Gasteiger partial charge < -0.3 is 9.80 Å². The second-order valence-electron chi connectivity index (χ2n) is 7.61. The molecule has 0 spiro atoms. The van der Waals surface area contributed by atoms with Crippen LogP contribution in [0.4, 0.5) is 0 Å². The van der Waals surface area contributed by atoms with Crippen molar-refractivity contribution in [3.05, 3.63) is 12.4 Å². The molecule has 1 aliphatic heterocycles. The minimum atomic E-state index is 0.594. The van der Waals surface area contributed by atoms with Gasteiger partial charge in [0, 0.05) is 25.5 Å². The smallest absolute Gasteiger partial charge is 0.103 e. The van der Waals surface area contributed by atoms with Crippen molar-refractivity contribution >= 4 is 0 Å². The molecule has 0 fully saturated rings. The van der Waals surface area contributed by atoms with Crippen LogP contribution in [-0.2, 0) is 0 Å². The van der Waals surface area contributed by atoms with Gasteiger partial charge in [-0.2, -0.15) is 0 Å². The molecule has 1 rings (SSSR count). The van der Waals surface area contributed by atoms with Gasteiger partial charge in [-0.1, -0.05) is 85.5 Å². The summed E-state index contributed by atoms with van der Waals surface area (Å²) in [5.74, 6) is 0.695. The highest BCUT2D eigenvalue weighted by molar-refractivity contribution is 4.98. The van der Waals surface area contributed by atoms with Crippen molar-refractivity contribution in [2.45, 2.75) is 104 Å². The van der Waals surface area contributed by atoms with Crippen LogP contribution in [0.3, 0.4) is 0 Å². The van der Waals surface area contributed by atoms with E-state index in [0.717, 1.165) is 0 Å². The van der Waals surface area contributed by atoms with Crippen LogP contribution in [0.1, 0.15) is 98.3 Å². The van der Waals surface area contributed by atoms with Crippen LogP contribution in [0.5, 0.6) is 0 Å². The first-order chi connectivity index (χ1) is 11.2. The molecule has 0 radical (unpaired) electrons. The van der Waals surface area contributed by atoms with E-state index in [1.165, 1.54) is 83.7 Å². The first-order valence-electron chi connectivity index (χ1n) is 10.4. The molecule has 1 atom stereocenters. The van der Waals surface area contributed by atoms with E-state index in [9.17, 15) is 0 Å². The fraction of sp³-hybridized carbons (Fsp3) is 0.905. The van der Waals surface area contributed by atoms with Crippen LogP contribution in [0, 0.1) is 5.92 Å². The first kappa shape index (κ1) is 20.4. The molecule has 2 nitrogen and oxygen atoms in total. The SMILES string of the molecule is CCCCCCCCCN1C=CN(CCCCCC)C1C(C)C. The average Bonchev–Trinajstić information content (AvgIpc) is 2.94. The zero-order valence-corrected chi connectivity index (χ0v) is 16.4. The largest absolute Gasteiger partial charge is 0.356 e. The van der Waals surface area contributed by atoms with E-state index in [1.807, 2.05) is 0 Å². The Morgan fingerprint density at radius 1 is 0.652 bits per heavy atom. The molecule has 1 aliphatic rings. The summed E-state index contributed by atoms with van der Waals surface area (Å²) in [6.07, 6.45) is 20.5. The molecule has 0 aromatic heterocycles. The molecule has 0 aliphatic carbocycles. The Hall–Kier alpha value is -0.660. The molecule has 0 saturated heterocycles. The molecule has 23 heavy (non-hydrogen) atoms. The zero-order chi connectivity index (χ0) is 16.9. The zero-order valence-electron chi connectivity index (χ0n) is 16.4. The van der Waals surface area contributed by atoms with Crippen molar-refractivity contribution in [3.8, 4) is 0 Å². The lowest BCUT2D eigenvalue weighted by Gasteiger charge is -2.36. The predicted molar refractivity (Wildman–Crippen MR) is 103 cm³/mol. The van der Waals surface area contributed by atoms with Crippen LogP contribution in [0.25, 0.3) is 0 Å². The molecule has 0 aromatic rings. The van der Waals surface area contributed by atoms with Crippen molar-refractivity contribution in [2.24, 2.45) is 5.92 Å². The first-order valence-corrected chi connectivity index (χ1v) is 10.4. The van der Waals surface area contributed by atoms with E-state index in [-0.39, 0.29) is 0 Å². The Labute approximate surface area is 146 Å². The van der Waals surface area contributed by atoms with Crippen molar-refractivity contribution in [1.29, 1.82) is 0 Å². The van der Waals surface area contributed by atoms with Gasteiger partial charge in [0.2, 0.25) is 0 Å². The third-order valence-corrected chi connectivity index (χ3v) is 5.02.